The molecule has 0 heterocycles. The molecule has 0 bridgehead atoms. The van der Waals surface area contributed by atoms with Gasteiger partial charge in [0.2, 0.25) is 0 Å². The fourth-order valence-electron chi connectivity index (χ4n) is 1.98. The van der Waals surface area contributed by atoms with Crippen LogP contribution in [0, 0.1) is 5.92 Å². The van der Waals surface area contributed by atoms with Crippen molar-refractivity contribution in [3.05, 3.63) is 0 Å². The van der Waals surface area contributed by atoms with Gasteiger partial charge < -0.3 is 5.32 Å². The summed E-state index contributed by atoms with van der Waals surface area (Å²) < 4.78 is 23.8. The Bertz CT molecular complexity index is 189. The molecule has 0 aromatic rings. The molecule has 0 atom stereocenters. The van der Waals surface area contributed by atoms with Gasteiger partial charge in [-0.15, -0.1) is 0 Å². The van der Waals surface area contributed by atoms with E-state index in [2.05, 4.69) is 12.2 Å². The molecule has 0 radical (unpaired) electrons. The third-order valence-electron chi connectivity index (χ3n) is 2.97. The van der Waals surface area contributed by atoms with Gasteiger partial charge in [-0.05, 0) is 31.6 Å². The van der Waals surface area contributed by atoms with Crippen molar-refractivity contribution < 1.29 is 13.6 Å². The van der Waals surface area contributed by atoms with Crippen molar-refractivity contribution in [2.75, 3.05) is 0 Å². The molecule has 4 heteroatoms. The van der Waals surface area contributed by atoms with Crippen LogP contribution in [0.3, 0.4) is 0 Å². The number of carbonyl (C=O) groups is 1. The summed E-state index contributed by atoms with van der Waals surface area (Å²) >= 11 is 0. The lowest BCUT2D eigenvalue weighted by atomic mass is 9.84. The number of hydrogen-bond donors (Lipinski definition) is 1. The number of nitrogens with one attached hydrogen (secondary N) is 1. The Morgan fingerprint density at radius 3 is 2.36 bits per heavy atom. The average Bonchev–Trinajstić information content (AvgIpc) is 2.19. The lowest BCUT2D eigenvalue weighted by Crippen LogP contribution is -2.40. The third-order valence-corrected chi connectivity index (χ3v) is 2.97. The summed E-state index contributed by atoms with van der Waals surface area (Å²) in [5, 5.41) is 2.37. The van der Waals surface area contributed by atoms with Crippen LogP contribution in [0.5, 0.6) is 0 Å². The maximum atomic E-state index is 11.9. The molecule has 2 nitrogen and oxygen atoms in total. The molecule has 0 aromatic carbocycles. The smallest absolute Gasteiger partial charge is 0.315 e. The van der Waals surface area contributed by atoms with Gasteiger partial charge in [-0.1, -0.05) is 13.3 Å². The minimum absolute atomic E-state index is 0.0284. The highest BCUT2D eigenvalue weighted by atomic mass is 19.3. The maximum Gasteiger partial charge on any atom is 0.315 e. The Morgan fingerprint density at radius 1 is 1.36 bits per heavy atom. The van der Waals surface area contributed by atoms with Crippen LogP contribution in [0.15, 0.2) is 0 Å². The van der Waals surface area contributed by atoms with Crippen molar-refractivity contribution in [3.8, 4) is 0 Å². The quantitative estimate of drug-likeness (QED) is 0.752. The Kier molecular flexibility index (Phi) is 4.29. The highest BCUT2D eigenvalue weighted by Gasteiger charge is 2.24. The predicted octanol–water partition coefficient (Wildman–Crippen LogP) is 2.34. The Labute approximate surface area is 83.1 Å². The van der Waals surface area contributed by atoms with E-state index in [0.717, 1.165) is 38.0 Å². The van der Waals surface area contributed by atoms with Gasteiger partial charge in [-0.25, -0.2) is 0 Å². The minimum atomic E-state index is -2.88. The van der Waals surface area contributed by atoms with Crippen molar-refractivity contribution in [2.24, 2.45) is 5.92 Å². The predicted molar refractivity (Wildman–Crippen MR) is 50.2 cm³/mol. The first-order valence-electron chi connectivity index (χ1n) is 5.22. The normalized spacial score (nSPS) is 27.7. The molecule has 0 spiro atoms. The Balaban J connectivity index is 2.25. The zero-order valence-corrected chi connectivity index (χ0v) is 8.43. The van der Waals surface area contributed by atoms with E-state index in [1.54, 1.807) is 0 Å². The van der Waals surface area contributed by atoms with E-state index < -0.39 is 12.3 Å². The molecule has 0 unspecified atom stereocenters. The Hall–Kier alpha value is -0.670. The first-order chi connectivity index (χ1) is 6.63. The SMILES string of the molecule is CCC1CCC(NC(=O)C(F)F)CC1. The summed E-state index contributed by atoms with van der Waals surface area (Å²) in [5.41, 5.74) is 0. The molecule has 1 fully saturated rings. The van der Waals surface area contributed by atoms with Gasteiger partial charge in [0.1, 0.15) is 0 Å². The standard InChI is InChI=1S/C10H17F2NO/c1-2-7-3-5-8(6-4-7)13-10(14)9(11)12/h7-9H,2-6H2,1H3,(H,13,14). The second kappa shape index (κ2) is 5.27. The van der Waals surface area contributed by atoms with E-state index in [1.165, 1.54) is 0 Å². The monoisotopic (exact) mass is 205 g/mol. The molecule has 1 N–H and O–H groups in total. The first kappa shape index (κ1) is 11.4. The summed E-state index contributed by atoms with van der Waals surface area (Å²) in [4.78, 5) is 10.7. The van der Waals surface area contributed by atoms with Crippen LogP contribution in [-0.4, -0.2) is 18.4 Å². The molecule has 0 aromatic heterocycles. The lowest BCUT2D eigenvalue weighted by Gasteiger charge is -2.28. The molecule has 1 aliphatic carbocycles. The summed E-state index contributed by atoms with van der Waals surface area (Å²) in [5.74, 6) is -0.403. The minimum Gasteiger partial charge on any atom is -0.348 e. The zero-order valence-electron chi connectivity index (χ0n) is 8.43. The largest absolute Gasteiger partial charge is 0.348 e. The van der Waals surface area contributed by atoms with Gasteiger partial charge in [-0.2, -0.15) is 8.78 Å². The first-order valence-corrected chi connectivity index (χ1v) is 5.22. The molecule has 82 valence electrons. The van der Waals surface area contributed by atoms with Gasteiger partial charge in [-0.3, -0.25) is 4.79 Å². The number of alkyl halides is 2. The van der Waals surface area contributed by atoms with Crippen molar-refractivity contribution in [2.45, 2.75) is 51.5 Å². The highest BCUT2D eigenvalue weighted by Crippen LogP contribution is 2.26. The van der Waals surface area contributed by atoms with E-state index in [9.17, 15) is 13.6 Å². The number of halogens is 2. The molecule has 1 rings (SSSR count). The van der Waals surface area contributed by atoms with Gasteiger partial charge in [0, 0.05) is 6.04 Å². The van der Waals surface area contributed by atoms with Crippen LogP contribution < -0.4 is 5.32 Å². The van der Waals surface area contributed by atoms with E-state index in [4.69, 9.17) is 0 Å². The number of rotatable bonds is 3. The zero-order chi connectivity index (χ0) is 10.6. The van der Waals surface area contributed by atoms with E-state index in [-0.39, 0.29) is 6.04 Å². The third kappa shape index (κ3) is 3.24. The van der Waals surface area contributed by atoms with Crippen molar-refractivity contribution in [3.63, 3.8) is 0 Å². The van der Waals surface area contributed by atoms with Gasteiger partial charge in [0.15, 0.2) is 0 Å². The van der Waals surface area contributed by atoms with E-state index in [1.807, 2.05) is 0 Å². The number of carbonyl (C=O) groups excluding carboxylic acids is 1. The molecular formula is C10H17F2NO. The molecule has 0 aliphatic heterocycles. The van der Waals surface area contributed by atoms with Crippen LogP contribution in [0.4, 0.5) is 8.78 Å². The van der Waals surface area contributed by atoms with Crippen LogP contribution in [0.2, 0.25) is 0 Å². The summed E-state index contributed by atoms with van der Waals surface area (Å²) in [7, 11) is 0. The van der Waals surface area contributed by atoms with E-state index in [0.29, 0.717) is 0 Å². The maximum absolute atomic E-state index is 11.9. The fourth-order valence-corrected chi connectivity index (χ4v) is 1.98. The van der Waals surface area contributed by atoms with Crippen molar-refractivity contribution >= 4 is 5.91 Å². The molecular weight excluding hydrogens is 188 g/mol. The van der Waals surface area contributed by atoms with Crippen LogP contribution in [0.1, 0.15) is 39.0 Å². The van der Waals surface area contributed by atoms with Crippen molar-refractivity contribution in [1.29, 1.82) is 0 Å². The molecule has 1 saturated carbocycles. The average molecular weight is 205 g/mol. The number of hydrogen-bond acceptors (Lipinski definition) is 1. The van der Waals surface area contributed by atoms with Crippen molar-refractivity contribution in [1.82, 2.24) is 5.32 Å². The van der Waals surface area contributed by atoms with Gasteiger partial charge >= 0.3 is 6.43 Å². The topological polar surface area (TPSA) is 29.1 Å². The van der Waals surface area contributed by atoms with Gasteiger partial charge in [0.05, 0.1) is 0 Å². The molecule has 1 amide bonds. The van der Waals surface area contributed by atoms with E-state index >= 15 is 0 Å². The van der Waals surface area contributed by atoms with Gasteiger partial charge in [0.25, 0.3) is 5.91 Å². The van der Waals surface area contributed by atoms with Crippen LogP contribution in [-0.2, 0) is 4.79 Å². The summed E-state index contributed by atoms with van der Waals surface area (Å²) in [6.07, 6.45) is 2.05. The Morgan fingerprint density at radius 2 is 1.93 bits per heavy atom. The lowest BCUT2D eigenvalue weighted by molar-refractivity contribution is -0.132. The number of amides is 1. The highest BCUT2D eigenvalue weighted by molar-refractivity contribution is 5.79. The van der Waals surface area contributed by atoms with Crippen LogP contribution >= 0.6 is 0 Å². The second-order valence-corrected chi connectivity index (χ2v) is 3.94. The molecule has 1 aliphatic rings. The van der Waals surface area contributed by atoms with Crippen LogP contribution in [0.25, 0.3) is 0 Å². The second-order valence-electron chi connectivity index (χ2n) is 3.94. The fraction of sp³-hybridized carbons (Fsp3) is 0.900. The summed E-state index contributed by atoms with van der Waals surface area (Å²) in [6, 6.07) is -0.0284. The molecule has 0 saturated heterocycles. The summed E-state index contributed by atoms with van der Waals surface area (Å²) in [6.45, 7) is 2.14. The molecule has 14 heavy (non-hydrogen) atoms.